The maximum absolute atomic E-state index is 13.8. The maximum Gasteiger partial charge on any atom is 0.306 e. The van der Waals surface area contributed by atoms with E-state index >= 15 is 0 Å². The summed E-state index contributed by atoms with van der Waals surface area (Å²) in [6, 6.07) is 0. The van der Waals surface area contributed by atoms with Crippen LogP contribution >= 0.6 is 15.9 Å². The zero-order valence-corrected chi connectivity index (χ0v) is 27.9. The Balaban J connectivity index is 1.38. The second-order valence-electron chi connectivity index (χ2n) is 13.1. The van der Waals surface area contributed by atoms with E-state index < -0.39 is 24.4 Å². The van der Waals surface area contributed by atoms with Gasteiger partial charge in [0, 0.05) is 33.2 Å². The first-order valence-corrected chi connectivity index (χ1v) is 16.8. The second kappa shape index (κ2) is 14.1. The van der Waals surface area contributed by atoms with E-state index in [4.69, 9.17) is 28.4 Å². The molecule has 1 saturated carbocycles. The Kier molecular flexibility index (Phi) is 10.9. The Morgan fingerprint density at radius 2 is 1.67 bits per heavy atom. The average Bonchev–Trinajstić information content (AvgIpc) is 3.56. The summed E-state index contributed by atoms with van der Waals surface area (Å²) in [7, 11) is 4.92. The molecule has 2 saturated heterocycles. The largest absolute Gasteiger partial charge is 0.462 e. The van der Waals surface area contributed by atoms with E-state index in [0.29, 0.717) is 24.8 Å². The van der Waals surface area contributed by atoms with Crippen LogP contribution in [0.1, 0.15) is 65.7 Å². The molecule has 0 amide bonds. The smallest absolute Gasteiger partial charge is 0.306 e. The highest BCUT2D eigenvalue weighted by atomic mass is 79.9. The van der Waals surface area contributed by atoms with Gasteiger partial charge in [-0.25, -0.2) is 0 Å². The van der Waals surface area contributed by atoms with Crippen molar-refractivity contribution in [2.75, 3.05) is 21.3 Å². The van der Waals surface area contributed by atoms with Gasteiger partial charge in [-0.2, -0.15) is 0 Å². The number of hydrogen-bond donors (Lipinski definition) is 1. The van der Waals surface area contributed by atoms with Gasteiger partial charge in [0.05, 0.1) is 24.7 Å². The van der Waals surface area contributed by atoms with Crippen LogP contribution in [0.15, 0.2) is 22.2 Å². The van der Waals surface area contributed by atoms with E-state index in [1.165, 1.54) is 0 Å². The Morgan fingerprint density at radius 3 is 2.35 bits per heavy atom. The van der Waals surface area contributed by atoms with Crippen molar-refractivity contribution >= 4 is 27.7 Å². The number of fused-ring (bicyclic) bond motifs is 5. The highest BCUT2D eigenvalue weighted by molar-refractivity contribution is 9.11. The summed E-state index contributed by atoms with van der Waals surface area (Å²) < 4.78 is 37.1. The summed E-state index contributed by atoms with van der Waals surface area (Å²) in [5, 5.41) is 10.9. The van der Waals surface area contributed by atoms with E-state index in [1.807, 2.05) is 20.8 Å². The predicted octanol–water partition coefficient (Wildman–Crippen LogP) is 4.73. The van der Waals surface area contributed by atoms with Crippen LogP contribution in [0.25, 0.3) is 0 Å². The lowest BCUT2D eigenvalue weighted by Crippen LogP contribution is -2.59. The van der Waals surface area contributed by atoms with Gasteiger partial charge in [0.1, 0.15) is 24.4 Å². The summed E-state index contributed by atoms with van der Waals surface area (Å²) in [6.45, 7) is 5.79. The third-order valence-corrected chi connectivity index (χ3v) is 11.6. The molecular formula is C33H49BrO9. The van der Waals surface area contributed by atoms with Gasteiger partial charge >= 0.3 is 5.97 Å². The molecule has 2 aliphatic heterocycles. The van der Waals surface area contributed by atoms with Gasteiger partial charge < -0.3 is 33.5 Å². The molecule has 0 aromatic rings. The molecule has 5 rings (SSSR count). The first-order chi connectivity index (χ1) is 20.6. The third-order valence-electron chi connectivity index (χ3n) is 10.8. The second-order valence-corrected chi connectivity index (χ2v) is 14.0. The summed E-state index contributed by atoms with van der Waals surface area (Å²) >= 11 is 3.88. The molecule has 0 aromatic carbocycles. The molecule has 9 nitrogen and oxygen atoms in total. The van der Waals surface area contributed by atoms with Crippen LogP contribution in [0.5, 0.6) is 0 Å². The first-order valence-electron chi connectivity index (χ1n) is 16.0. The van der Waals surface area contributed by atoms with Crippen LogP contribution in [0.4, 0.5) is 0 Å². The van der Waals surface area contributed by atoms with Gasteiger partial charge in [-0.3, -0.25) is 9.59 Å². The van der Waals surface area contributed by atoms with E-state index in [9.17, 15) is 14.7 Å². The van der Waals surface area contributed by atoms with Crippen molar-refractivity contribution in [3.05, 3.63) is 22.2 Å². The van der Waals surface area contributed by atoms with E-state index in [2.05, 4.69) is 28.1 Å². The molecule has 0 spiro atoms. The van der Waals surface area contributed by atoms with Crippen molar-refractivity contribution in [1.82, 2.24) is 0 Å². The SMILES string of the molecule is CC[C@H]1CCC[C@H](O)[C@@H](C)C(=O)C2=C[C@@H]3[C@@H](C=C(Br)[C@@H]4C[C@@H](O[C@@H]5O[C@@H](C)[C@H](OC)[C@@H](OC)[C@H]5OC)C[C@@H]34)[C@@H]2CC(=O)O1. The fourth-order valence-electron chi connectivity index (χ4n) is 8.36. The number of ether oxygens (including phenoxy) is 6. The number of halogens is 1. The molecule has 10 heteroatoms. The van der Waals surface area contributed by atoms with Crippen LogP contribution < -0.4 is 0 Å². The molecule has 1 N–H and O–H groups in total. The van der Waals surface area contributed by atoms with E-state index in [0.717, 1.165) is 23.7 Å². The van der Waals surface area contributed by atoms with E-state index in [-0.39, 0.29) is 78.3 Å². The lowest BCUT2D eigenvalue weighted by molar-refractivity contribution is -0.314. The Bertz CT molecular complexity index is 1080. The van der Waals surface area contributed by atoms with Crippen molar-refractivity contribution in [3.63, 3.8) is 0 Å². The van der Waals surface area contributed by atoms with Crippen LogP contribution in [0, 0.1) is 35.5 Å². The number of Topliss-reactive ketones (excluding diaryl/α,β-unsaturated/α-hetero) is 1. The maximum atomic E-state index is 13.8. The molecular weight excluding hydrogens is 620 g/mol. The monoisotopic (exact) mass is 668 g/mol. The number of esters is 1. The van der Waals surface area contributed by atoms with Gasteiger partial charge in [0.2, 0.25) is 0 Å². The minimum absolute atomic E-state index is 0.00811. The molecule has 14 atom stereocenters. The van der Waals surface area contributed by atoms with Gasteiger partial charge in [0.25, 0.3) is 0 Å². The number of aliphatic hydroxyl groups is 1. The fourth-order valence-corrected chi connectivity index (χ4v) is 9.20. The van der Waals surface area contributed by atoms with Crippen LogP contribution in [-0.4, -0.2) is 87.2 Å². The van der Waals surface area contributed by atoms with E-state index in [1.54, 1.807) is 21.3 Å². The Labute approximate surface area is 264 Å². The molecule has 3 aliphatic carbocycles. The molecule has 0 bridgehead atoms. The summed E-state index contributed by atoms with van der Waals surface area (Å²) in [5.41, 5.74) is 0.672. The molecule has 0 radical (unpaired) electrons. The number of aliphatic hydroxyl groups excluding tert-OH is 1. The fraction of sp³-hybridized carbons (Fsp3) is 0.818. The predicted molar refractivity (Wildman–Crippen MR) is 162 cm³/mol. The Hall–Kier alpha value is -1.14. The van der Waals surface area contributed by atoms with Crippen molar-refractivity contribution in [2.24, 2.45) is 35.5 Å². The lowest BCUT2D eigenvalue weighted by atomic mass is 9.70. The summed E-state index contributed by atoms with van der Waals surface area (Å²) in [6.07, 6.45) is 5.86. The number of carbonyl (C=O) groups excluding carboxylic acids is 2. The number of carbonyl (C=O) groups is 2. The van der Waals surface area contributed by atoms with Crippen molar-refractivity contribution in [2.45, 2.75) is 115 Å². The van der Waals surface area contributed by atoms with Crippen LogP contribution in [0.2, 0.25) is 0 Å². The highest BCUT2D eigenvalue weighted by Crippen LogP contribution is 2.57. The van der Waals surface area contributed by atoms with Crippen LogP contribution in [0.3, 0.4) is 0 Å². The number of cyclic esters (lactones) is 1. The molecule has 0 aromatic heterocycles. The van der Waals surface area contributed by atoms with Crippen molar-refractivity contribution < 1.29 is 43.1 Å². The van der Waals surface area contributed by atoms with Gasteiger partial charge in [-0.15, -0.1) is 0 Å². The molecule has 3 fully saturated rings. The number of methoxy groups -OCH3 is 3. The minimum atomic E-state index is -0.719. The van der Waals surface area contributed by atoms with Gasteiger partial charge in [-0.05, 0) is 79.2 Å². The molecule has 5 aliphatic rings. The normalized spacial score (nSPS) is 45.6. The topological polar surface area (TPSA) is 110 Å². The molecule has 242 valence electrons. The number of allylic oxidation sites excluding steroid dienone is 4. The molecule has 2 heterocycles. The third kappa shape index (κ3) is 6.58. The number of rotatable bonds is 6. The highest BCUT2D eigenvalue weighted by Gasteiger charge is 2.53. The van der Waals surface area contributed by atoms with Crippen LogP contribution in [-0.2, 0) is 38.0 Å². The van der Waals surface area contributed by atoms with Crippen molar-refractivity contribution in [1.29, 1.82) is 0 Å². The zero-order chi connectivity index (χ0) is 31.0. The minimum Gasteiger partial charge on any atom is -0.462 e. The van der Waals surface area contributed by atoms with Crippen molar-refractivity contribution in [3.8, 4) is 0 Å². The Morgan fingerprint density at radius 1 is 0.953 bits per heavy atom. The average molecular weight is 670 g/mol. The summed E-state index contributed by atoms with van der Waals surface area (Å²) in [4.78, 5) is 27.0. The van der Waals surface area contributed by atoms with Gasteiger partial charge in [0.15, 0.2) is 12.1 Å². The molecule has 43 heavy (non-hydrogen) atoms. The molecule has 0 unspecified atom stereocenters. The standard InChI is InChI=1S/C33H49BrO9/c1-7-18-9-8-10-27(35)16(2)29(37)25-13-21-20-11-19(12-24(20)26(34)14-22(21)23(25)15-28(36)42-18)43-33-32(40-6)31(39-5)30(38-4)17(3)41-33/h13-14,16-24,27,30-33,35H,7-12,15H2,1-6H3/t16-,17+,18+,19+,20+,21+,22-,23+,24-,27+,30+,31-,32-,33+/m1/s1. The van der Waals surface area contributed by atoms with Gasteiger partial charge in [-0.1, -0.05) is 41.9 Å². The summed E-state index contributed by atoms with van der Waals surface area (Å²) in [5.74, 6) is -0.568. The zero-order valence-electron chi connectivity index (χ0n) is 26.3. The number of hydrogen-bond acceptors (Lipinski definition) is 9. The lowest BCUT2D eigenvalue weighted by Gasteiger charge is -2.44. The number of ketones is 1. The first kappa shape index (κ1) is 33.2. The quantitative estimate of drug-likeness (QED) is 0.402.